The molecule has 2 rings (SSSR count). The molecule has 0 aliphatic heterocycles. The molecule has 0 aliphatic carbocycles. The fraction of sp³-hybridized carbons (Fsp3) is 0.333. The van der Waals surface area contributed by atoms with Gasteiger partial charge in [0.2, 0.25) is 5.13 Å². The zero-order valence-corrected chi connectivity index (χ0v) is 10.9. The van der Waals surface area contributed by atoms with Crippen molar-refractivity contribution in [2.75, 3.05) is 12.4 Å². The molecule has 9 nitrogen and oxygen atoms in total. The van der Waals surface area contributed by atoms with Crippen LogP contribution in [0.5, 0.6) is 0 Å². The van der Waals surface area contributed by atoms with Gasteiger partial charge in [0.1, 0.15) is 11.6 Å². The molecule has 11 heteroatoms. The van der Waals surface area contributed by atoms with Crippen molar-refractivity contribution in [1.82, 2.24) is 25.0 Å². The maximum atomic E-state index is 10.5. The maximum absolute atomic E-state index is 10.5. The van der Waals surface area contributed by atoms with E-state index in [0.717, 1.165) is 0 Å². The van der Waals surface area contributed by atoms with Gasteiger partial charge < -0.3 is 15.4 Å². The smallest absolute Gasteiger partial charge is 0.390 e. The van der Waals surface area contributed by atoms with Crippen molar-refractivity contribution >= 4 is 38.3 Å². The van der Waals surface area contributed by atoms with Gasteiger partial charge in [0.25, 0.3) is 4.73 Å². The normalized spacial score (nSPS) is 10.5. The van der Waals surface area contributed by atoms with Crippen LogP contribution in [-0.4, -0.2) is 36.9 Å². The molecular weight excluding hydrogens is 314 g/mol. The van der Waals surface area contributed by atoms with Crippen LogP contribution in [0.3, 0.4) is 0 Å². The minimum absolute atomic E-state index is 0.279. The predicted molar refractivity (Wildman–Crippen MR) is 62.9 cm³/mol. The molecule has 0 bridgehead atoms. The second-order valence-corrected chi connectivity index (χ2v) is 4.62. The van der Waals surface area contributed by atoms with Crippen molar-refractivity contribution in [3.05, 3.63) is 19.9 Å². The molecule has 0 aromatic carbocycles. The first-order valence-electron chi connectivity index (χ1n) is 4.35. The molecule has 2 aromatic rings. The lowest BCUT2D eigenvalue weighted by atomic mass is 10.7. The molecule has 0 radical (unpaired) electrons. The Morgan fingerprint density at radius 1 is 1.59 bits per heavy atom. The second kappa shape index (κ2) is 4.71. The molecule has 2 aromatic heterocycles. The summed E-state index contributed by atoms with van der Waals surface area (Å²) in [6.07, 6.45) is 0. The highest BCUT2D eigenvalue weighted by Crippen LogP contribution is 2.18. The summed E-state index contributed by atoms with van der Waals surface area (Å²) in [5.74, 6) is -0.449. The summed E-state index contributed by atoms with van der Waals surface area (Å²) in [7, 11) is 1.74. The Morgan fingerprint density at radius 3 is 2.88 bits per heavy atom. The van der Waals surface area contributed by atoms with Crippen LogP contribution in [-0.2, 0) is 6.54 Å². The van der Waals surface area contributed by atoms with Crippen LogP contribution in [0.25, 0.3) is 0 Å². The van der Waals surface area contributed by atoms with Gasteiger partial charge in [-0.3, -0.25) is 0 Å². The first-order valence-corrected chi connectivity index (χ1v) is 5.96. The van der Waals surface area contributed by atoms with Gasteiger partial charge in [0, 0.05) is 28.1 Å². The van der Waals surface area contributed by atoms with Crippen LogP contribution in [0.2, 0.25) is 0 Å². The summed E-state index contributed by atoms with van der Waals surface area (Å²) in [5, 5.41) is 26.2. The average molecular weight is 320 g/mol. The number of anilines is 1. The third kappa shape index (κ3) is 2.55. The van der Waals surface area contributed by atoms with Gasteiger partial charge in [0.15, 0.2) is 0 Å². The molecule has 0 saturated heterocycles. The summed E-state index contributed by atoms with van der Waals surface area (Å²) in [6, 6.07) is 0. The van der Waals surface area contributed by atoms with Crippen molar-refractivity contribution in [2.45, 2.75) is 6.54 Å². The number of nitro groups is 1. The number of aromatic nitrogens is 5. The Bertz CT molecular complexity index is 552. The molecule has 1 N–H and O–H groups in total. The summed E-state index contributed by atoms with van der Waals surface area (Å²) in [4.78, 5) is 13.5. The number of hydrogen-bond acceptors (Lipinski definition) is 8. The minimum Gasteiger partial charge on any atom is -0.390 e. The van der Waals surface area contributed by atoms with E-state index in [9.17, 15) is 10.1 Å². The molecule has 0 amide bonds. The van der Waals surface area contributed by atoms with E-state index in [2.05, 4.69) is 41.5 Å². The van der Waals surface area contributed by atoms with Crippen LogP contribution in [0.4, 0.5) is 11.1 Å². The Balaban J connectivity index is 2.20. The Kier molecular flexibility index (Phi) is 3.28. The highest BCUT2D eigenvalue weighted by molar-refractivity contribution is 9.10. The lowest BCUT2D eigenvalue weighted by Crippen LogP contribution is -2.02. The number of nitrogens with zero attached hydrogens (tertiary/aromatic N) is 6. The zero-order valence-electron chi connectivity index (χ0n) is 8.49. The lowest BCUT2D eigenvalue weighted by molar-refractivity contribution is -0.394. The number of halogens is 1. The average Bonchev–Trinajstić information content (AvgIpc) is 2.87. The van der Waals surface area contributed by atoms with E-state index in [1.54, 1.807) is 7.05 Å². The van der Waals surface area contributed by atoms with E-state index in [0.29, 0.717) is 10.1 Å². The lowest BCUT2D eigenvalue weighted by Gasteiger charge is -1.91. The molecule has 0 saturated carbocycles. The first kappa shape index (κ1) is 11.9. The third-order valence-corrected chi connectivity index (χ3v) is 3.26. The van der Waals surface area contributed by atoms with Crippen LogP contribution in [0.1, 0.15) is 5.01 Å². The molecule has 2 heterocycles. The molecule has 90 valence electrons. The van der Waals surface area contributed by atoms with E-state index in [4.69, 9.17) is 0 Å². The molecule has 0 aliphatic rings. The van der Waals surface area contributed by atoms with E-state index in [-0.39, 0.29) is 11.3 Å². The number of nitrogens with one attached hydrogen (secondary N) is 1. The minimum atomic E-state index is -0.652. The molecule has 0 spiro atoms. The molecule has 0 fully saturated rings. The summed E-state index contributed by atoms with van der Waals surface area (Å²) >= 11 is 4.43. The van der Waals surface area contributed by atoms with Gasteiger partial charge in [-0.25, -0.2) is 0 Å². The van der Waals surface area contributed by atoms with Gasteiger partial charge in [-0.2, -0.15) is 4.68 Å². The van der Waals surface area contributed by atoms with Crippen LogP contribution >= 0.6 is 27.3 Å². The van der Waals surface area contributed by atoms with Crippen LogP contribution in [0.15, 0.2) is 4.73 Å². The van der Waals surface area contributed by atoms with Crippen molar-refractivity contribution in [3.8, 4) is 0 Å². The molecule has 0 atom stereocenters. The standard InChI is InChI=1S/C6H6BrN7O2S/c1-8-6-11-10-3(17-6)2-13-4(7)9-5(12-13)14(15)16/h2H2,1H3,(H,8,11). The maximum Gasteiger partial charge on any atom is 0.492 e. The molecule has 0 unspecified atom stereocenters. The monoisotopic (exact) mass is 319 g/mol. The van der Waals surface area contributed by atoms with Crippen LogP contribution < -0.4 is 5.32 Å². The van der Waals surface area contributed by atoms with Crippen molar-refractivity contribution in [3.63, 3.8) is 0 Å². The number of rotatable bonds is 4. The zero-order chi connectivity index (χ0) is 12.4. The van der Waals surface area contributed by atoms with E-state index < -0.39 is 10.9 Å². The highest BCUT2D eigenvalue weighted by Gasteiger charge is 2.20. The number of hydrogen-bond donors (Lipinski definition) is 1. The predicted octanol–water partition coefficient (Wildman–Crippen LogP) is 0.890. The van der Waals surface area contributed by atoms with Crippen molar-refractivity contribution in [1.29, 1.82) is 0 Å². The van der Waals surface area contributed by atoms with Gasteiger partial charge >= 0.3 is 5.95 Å². The summed E-state index contributed by atoms with van der Waals surface area (Å²) in [6.45, 7) is 0.279. The van der Waals surface area contributed by atoms with E-state index >= 15 is 0 Å². The van der Waals surface area contributed by atoms with E-state index in [1.807, 2.05) is 0 Å². The highest BCUT2D eigenvalue weighted by atomic mass is 79.9. The van der Waals surface area contributed by atoms with Gasteiger partial charge in [-0.1, -0.05) is 11.3 Å². The van der Waals surface area contributed by atoms with Gasteiger partial charge in [-0.15, -0.1) is 10.2 Å². The fourth-order valence-corrected chi connectivity index (χ4v) is 2.08. The summed E-state index contributed by atoms with van der Waals surface area (Å²) in [5.41, 5.74) is 0. The molecular formula is C6H6BrN7O2S. The summed E-state index contributed by atoms with van der Waals surface area (Å²) < 4.78 is 1.63. The van der Waals surface area contributed by atoms with E-state index in [1.165, 1.54) is 16.0 Å². The van der Waals surface area contributed by atoms with Crippen molar-refractivity contribution < 1.29 is 4.92 Å². The topological polar surface area (TPSA) is 112 Å². The second-order valence-electron chi connectivity index (χ2n) is 2.85. The van der Waals surface area contributed by atoms with Crippen molar-refractivity contribution in [2.24, 2.45) is 0 Å². The first-order chi connectivity index (χ1) is 8.10. The van der Waals surface area contributed by atoms with Gasteiger partial charge in [-0.05, 0) is 9.91 Å². The third-order valence-electron chi connectivity index (χ3n) is 1.74. The quantitative estimate of drug-likeness (QED) is 0.657. The van der Waals surface area contributed by atoms with Crippen LogP contribution in [0, 0.1) is 10.1 Å². The SMILES string of the molecule is CNc1nnc(Cn2nc([N+](=O)[O-])nc2Br)s1. The largest absolute Gasteiger partial charge is 0.492 e. The Morgan fingerprint density at radius 2 is 2.35 bits per heavy atom. The van der Waals surface area contributed by atoms with Gasteiger partial charge in [0.05, 0.1) is 0 Å². The Labute approximate surface area is 107 Å². The Hall–Kier alpha value is -1.62. The molecule has 17 heavy (non-hydrogen) atoms. The fourth-order valence-electron chi connectivity index (χ4n) is 1.04.